The minimum Gasteiger partial charge on any atom is -0.464 e. The zero-order chi connectivity index (χ0) is 17.6. The number of anilines is 1. The zero-order valence-electron chi connectivity index (χ0n) is 13.3. The molecule has 8 nitrogen and oxygen atoms in total. The summed E-state index contributed by atoms with van der Waals surface area (Å²) >= 11 is 0. The first-order valence-corrected chi connectivity index (χ1v) is 7.28. The lowest BCUT2D eigenvalue weighted by molar-refractivity contribution is -0.136. The Morgan fingerprint density at radius 2 is 1.92 bits per heavy atom. The number of rotatable bonds is 2. The van der Waals surface area contributed by atoms with E-state index in [-0.39, 0.29) is 5.71 Å². The first kappa shape index (κ1) is 15.9. The number of benzene rings is 1. The van der Waals surface area contributed by atoms with E-state index >= 15 is 0 Å². The van der Waals surface area contributed by atoms with Crippen LogP contribution in [0.5, 0.6) is 0 Å². The summed E-state index contributed by atoms with van der Waals surface area (Å²) in [7, 11) is 1.15. The van der Waals surface area contributed by atoms with Crippen LogP contribution in [0.25, 0.3) is 0 Å². The van der Waals surface area contributed by atoms with E-state index in [1.54, 1.807) is 18.2 Å². The van der Waals surface area contributed by atoms with Crippen LogP contribution in [0, 0.1) is 12.8 Å². The lowest BCUT2D eigenvalue weighted by Crippen LogP contribution is -2.41. The number of hydrogen-bond donors (Lipinski definition) is 0. The van der Waals surface area contributed by atoms with E-state index in [2.05, 4.69) is 9.84 Å². The molecule has 2 atom stereocenters. The van der Waals surface area contributed by atoms with Crippen LogP contribution in [0.2, 0.25) is 0 Å². The molecular formula is C16H15N3O5. The van der Waals surface area contributed by atoms with E-state index in [4.69, 9.17) is 0 Å². The van der Waals surface area contributed by atoms with Crippen molar-refractivity contribution in [1.82, 2.24) is 5.01 Å². The quantitative estimate of drug-likeness (QED) is 0.572. The number of ether oxygens (including phenoxy) is 1. The molecule has 2 heterocycles. The fraction of sp³-hybridized carbons (Fsp3) is 0.312. The predicted molar refractivity (Wildman–Crippen MR) is 82.9 cm³/mol. The number of methoxy groups -OCH3 is 1. The Labute approximate surface area is 137 Å². The number of fused-ring (bicyclic) bond motifs is 1. The van der Waals surface area contributed by atoms with Gasteiger partial charge in [-0.2, -0.15) is 5.10 Å². The minimum absolute atomic E-state index is 0.230. The number of hydrazone groups is 1. The Bertz CT molecular complexity index is 801. The second-order valence-electron chi connectivity index (χ2n) is 5.61. The molecule has 0 spiro atoms. The number of esters is 1. The molecule has 0 radical (unpaired) electrons. The summed E-state index contributed by atoms with van der Waals surface area (Å²) in [4.78, 5) is 50.2. The first-order valence-electron chi connectivity index (χ1n) is 7.28. The summed E-state index contributed by atoms with van der Waals surface area (Å²) in [5.41, 5.74) is 1.04. The second-order valence-corrected chi connectivity index (χ2v) is 5.61. The molecule has 3 amide bonds. The topological polar surface area (TPSA) is 96.3 Å². The molecule has 0 aromatic heterocycles. The zero-order valence-corrected chi connectivity index (χ0v) is 13.3. The van der Waals surface area contributed by atoms with Crippen LogP contribution in [-0.2, 0) is 23.9 Å². The highest BCUT2D eigenvalue weighted by Crippen LogP contribution is 2.35. The van der Waals surface area contributed by atoms with Gasteiger partial charge in [0.25, 0.3) is 5.91 Å². The monoisotopic (exact) mass is 329 g/mol. The van der Waals surface area contributed by atoms with Crippen molar-refractivity contribution in [3.05, 3.63) is 29.8 Å². The van der Waals surface area contributed by atoms with Gasteiger partial charge in [-0.15, -0.1) is 0 Å². The van der Waals surface area contributed by atoms with E-state index in [9.17, 15) is 19.2 Å². The Morgan fingerprint density at radius 1 is 1.21 bits per heavy atom. The number of carbonyl (C=O) groups is 4. The number of aryl methyl sites for hydroxylation is 1. The molecule has 8 heteroatoms. The summed E-state index contributed by atoms with van der Waals surface area (Å²) in [6, 6.07) is 5.71. The number of hydrogen-bond acceptors (Lipinski definition) is 6. The number of amides is 3. The van der Waals surface area contributed by atoms with Crippen molar-refractivity contribution < 1.29 is 23.9 Å². The van der Waals surface area contributed by atoms with Gasteiger partial charge in [-0.05, 0) is 24.6 Å². The van der Waals surface area contributed by atoms with Crippen LogP contribution in [0.4, 0.5) is 5.69 Å². The van der Waals surface area contributed by atoms with Crippen molar-refractivity contribution >= 4 is 35.1 Å². The van der Waals surface area contributed by atoms with E-state index in [0.717, 1.165) is 22.6 Å². The van der Waals surface area contributed by atoms with Crippen molar-refractivity contribution in [2.45, 2.75) is 19.9 Å². The maximum absolute atomic E-state index is 12.8. The third-order valence-corrected chi connectivity index (χ3v) is 4.03. The summed E-state index contributed by atoms with van der Waals surface area (Å²) in [5.74, 6) is -3.69. The van der Waals surface area contributed by atoms with Crippen LogP contribution >= 0.6 is 0 Å². The molecule has 2 aliphatic rings. The Kier molecular flexibility index (Phi) is 3.67. The SMILES string of the molecule is COC(=O)C1=NN(C(C)=O)C2C(=O)N(c3cccc(C)c3)C(=O)C12. The summed E-state index contributed by atoms with van der Waals surface area (Å²) in [5, 5.41) is 4.73. The molecule has 24 heavy (non-hydrogen) atoms. The Morgan fingerprint density at radius 3 is 2.50 bits per heavy atom. The highest BCUT2D eigenvalue weighted by molar-refractivity contribution is 6.47. The van der Waals surface area contributed by atoms with Gasteiger partial charge in [0.05, 0.1) is 12.8 Å². The molecule has 0 saturated carbocycles. The van der Waals surface area contributed by atoms with Gasteiger partial charge in [-0.25, -0.2) is 14.7 Å². The maximum atomic E-state index is 12.8. The molecule has 124 valence electrons. The van der Waals surface area contributed by atoms with Gasteiger partial charge < -0.3 is 4.74 Å². The molecule has 0 aliphatic carbocycles. The molecule has 1 fully saturated rings. The largest absolute Gasteiger partial charge is 0.464 e. The molecule has 2 aliphatic heterocycles. The van der Waals surface area contributed by atoms with Crippen molar-refractivity contribution in [3.63, 3.8) is 0 Å². The van der Waals surface area contributed by atoms with Gasteiger partial charge in [0, 0.05) is 6.92 Å². The van der Waals surface area contributed by atoms with Crippen molar-refractivity contribution in [1.29, 1.82) is 0 Å². The number of nitrogens with zero attached hydrogens (tertiary/aromatic N) is 3. The molecule has 0 bridgehead atoms. The molecule has 0 N–H and O–H groups in total. The first-order chi connectivity index (χ1) is 11.4. The molecule has 3 rings (SSSR count). The highest BCUT2D eigenvalue weighted by atomic mass is 16.5. The Balaban J connectivity index is 2.07. The van der Waals surface area contributed by atoms with Gasteiger partial charge in [0.15, 0.2) is 11.8 Å². The van der Waals surface area contributed by atoms with E-state index in [1.165, 1.54) is 6.92 Å². The highest BCUT2D eigenvalue weighted by Gasteiger charge is 2.59. The van der Waals surface area contributed by atoms with Gasteiger partial charge in [0.2, 0.25) is 11.8 Å². The van der Waals surface area contributed by atoms with Crippen LogP contribution < -0.4 is 4.90 Å². The molecule has 2 unspecified atom stereocenters. The fourth-order valence-electron chi connectivity index (χ4n) is 2.97. The van der Waals surface area contributed by atoms with Gasteiger partial charge in [-0.1, -0.05) is 12.1 Å². The van der Waals surface area contributed by atoms with E-state index in [1.807, 2.05) is 13.0 Å². The molecule has 1 aromatic rings. The lowest BCUT2D eigenvalue weighted by atomic mass is 9.98. The van der Waals surface area contributed by atoms with Crippen LogP contribution in [0.15, 0.2) is 29.4 Å². The second kappa shape index (κ2) is 5.55. The minimum atomic E-state index is -1.15. The van der Waals surface area contributed by atoms with Gasteiger partial charge in [-0.3, -0.25) is 14.4 Å². The van der Waals surface area contributed by atoms with Crippen LogP contribution in [0.1, 0.15) is 12.5 Å². The summed E-state index contributed by atoms with van der Waals surface area (Å²) in [6.45, 7) is 3.05. The average molecular weight is 329 g/mol. The average Bonchev–Trinajstić information content (AvgIpc) is 3.05. The van der Waals surface area contributed by atoms with Crippen molar-refractivity contribution in [3.8, 4) is 0 Å². The van der Waals surface area contributed by atoms with Gasteiger partial charge in [0.1, 0.15) is 5.92 Å². The smallest absolute Gasteiger partial charge is 0.355 e. The third-order valence-electron chi connectivity index (χ3n) is 4.03. The van der Waals surface area contributed by atoms with Crippen molar-refractivity contribution in [2.24, 2.45) is 11.0 Å². The predicted octanol–water partition coefficient (Wildman–Crippen LogP) is 0.244. The number of carbonyl (C=O) groups excluding carboxylic acids is 4. The number of imide groups is 1. The molecule has 1 saturated heterocycles. The lowest BCUT2D eigenvalue weighted by Gasteiger charge is -2.19. The van der Waals surface area contributed by atoms with E-state index in [0.29, 0.717) is 5.69 Å². The summed E-state index contributed by atoms with van der Waals surface area (Å²) < 4.78 is 4.62. The molecular weight excluding hydrogens is 314 g/mol. The van der Waals surface area contributed by atoms with E-state index < -0.39 is 35.7 Å². The normalized spacial score (nSPS) is 22.5. The van der Waals surface area contributed by atoms with Crippen molar-refractivity contribution in [2.75, 3.05) is 12.0 Å². The molecule has 1 aromatic carbocycles. The Hall–Kier alpha value is -3.03. The van der Waals surface area contributed by atoms with Crippen LogP contribution in [-0.4, -0.2) is 47.6 Å². The summed E-state index contributed by atoms with van der Waals surface area (Å²) in [6.07, 6.45) is 0. The van der Waals surface area contributed by atoms with Gasteiger partial charge >= 0.3 is 5.97 Å². The maximum Gasteiger partial charge on any atom is 0.355 e. The standard InChI is InChI=1S/C16H15N3O5/c1-8-5-4-6-10(7-8)18-14(21)11-12(16(23)24-3)17-19(9(2)20)13(11)15(18)22/h4-7,11,13H,1-3H3. The third kappa shape index (κ3) is 2.18. The fourth-order valence-corrected chi connectivity index (χ4v) is 2.97. The van der Waals surface area contributed by atoms with Crippen LogP contribution in [0.3, 0.4) is 0 Å².